The maximum absolute atomic E-state index is 12.3. The van der Waals surface area contributed by atoms with Crippen LogP contribution in [0.25, 0.3) is 0 Å². The molecular formula is C16H23ClN2O3. The predicted molar refractivity (Wildman–Crippen MR) is 87.3 cm³/mol. The number of hydrogen-bond acceptors (Lipinski definition) is 4. The van der Waals surface area contributed by atoms with E-state index < -0.39 is 11.9 Å². The third-order valence-corrected chi connectivity index (χ3v) is 3.22. The van der Waals surface area contributed by atoms with Gasteiger partial charge in [0.15, 0.2) is 0 Å². The first kappa shape index (κ1) is 18.5. The molecule has 1 atom stereocenters. The third-order valence-electron chi connectivity index (χ3n) is 3.09. The number of hydrogen-bond donors (Lipinski definition) is 2. The van der Waals surface area contributed by atoms with Gasteiger partial charge in [-0.05, 0) is 48.7 Å². The van der Waals surface area contributed by atoms with Gasteiger partial charge in [-0.3, -0.25) is 9.59 Å². The number of ether oxygens (including phenoxy) is 1. The zero-order valence-electron chi connectivity index (χ0n) is 13.2. The molecule has 1 rings (SSSR count). The first-order valence-corrected chi connectivity index (χ1v) is 7.75. The van der Waals surface area contributed by atoms with Gasteiger partial charge in [0, 0.05) is 12.2 Å². The highest BCUT2D eigenvalue weighted by Gasteiger charge is 2.28. The monoisotopic (exact) mass is 326 g/mol. The number of carbonyl (C=O) groups is 2. The average Bonchev–Trinajstić information content (AvgIpc) is 2.47. The van der Waals surface area contributed by atoms with E-state index in [1.165, 1.54) is 0 Å². The molecule has 6 heteroatoms. The van der Waals surface area contributed by atoms with Gasteiger partial charge in [-0.15, -0.1) is 0 Å². The summed E-state index contributed by atoms with van der Waals surface area (Å²) in [6.45, 7) is 6.46. The summed E-state index contributed by atoms with van der Waals surface area (Å²) in [5, 5.41) is 2.76. The Morgan fingerprint density at radius 2 is 1.86 bits per heavy atom. The molecule has 0 saturated heterocycles. The van der Waals surface area contributed by atoms with Crippen molar-refractivity contribution in [3.63, 3.8) is 0 Å². The third kappa shape index (κ3) is 6.03. The molecule has 0 aliphatic rings. The average molecular weight is 327 g/mol. The number of benzene rings is 1. The van der Waals surface area contributed by atoms with Gasteiger partial charge < -0.3 is 10.1 Å². The van der Waals surface area contributed by atoms with Crippen LogP contribution in [0.4, 0.5) is 5.69 Å². The quantitative estimate of drug-likeness (QED) is 0.437. The van der Waals surface area contributed by atoms with Crippen molar-refractivity contribution in [3.05, 3.63) is 29.8 Å². The van der Waals surface area contributed by atoms with Crippen molar-refractivity contribution < 1.29 is 14.3 Å². The van der Waals surface area contributed by atoms with Crippen molar-refractivity contribution in [1.29, 1.82) is 0 Å². The van der Waals surface area contributed by atoms with Crippen molar-refractivity contribution in [3.8, 4) is 0 Å². The molecule has 1 aromatic rings. The Kier molecular flexibility index (Phi) is 7.91. The Hall–Kier alpha value is -1.59. The summed E-state index contributed by atoms with van der Waals surface area (Å²) in [6.07, 6.45) is 0.457. The number of anilines is 1. The van der Waals surface area contributed by atoms with E-state index in [0.29, 0.717) is 18.7 Å². The normalized spacial score (nSPS) is 12.0. The Labute approximate surface area is 136 Å². The highest BCUT2D eigenvalue weighted by molar-refractivity contribution is 6.13. The molecule has 0 saturated carbocycles. The molecule has 0 bridgehead atoms. The van der Waals surface area contributed by atoms with Crippen molar-refractivity contribution in [2.75, 3.05) is 11.9 Å². The SMILES string of the molecule is CCOC(=O)C(CC(C)C)C(=O)Nc1ccc(CNCl)cc1. The smallest absolute Gasteiger partial charge is 0.318 e. The molecule has 22 heavy (non-hydrogen) atoms. The van der Waals surface area contributed by atoms with E-state index in [1.807, 2.05) is 26.0 Å². The molecule has 0 fully saturated rings. The molecule has 122 valence electrons. The van der Waals surface area contributed by atoms with Crippen LogP contribution in [0.1, 0.15) is 32.8 Å². The van der Waals surface area contributed by atoms with Gasteiger partial charge in [-0.25, -0.2) is 4.84 Å². The molecule has 0 aliphatic carbocycles. The van der Waals surface area contributed by atoms with Crippen LogP contribution in [0, 0.1) is 11.8 Å². The van der Waals surface area contributed by atoms with E-state index in [2.05, 4.69) is 10.2 Å². The summed E-state index contributed by atoms with van der Waals surface area (Å²) in [5.41, 5.74) is 1.64. The minimum Gasteiger partial charge on any atom is -0.465 e. The van der Waals surface area contributed by atoms with E-state index in [-0.39, 0.29) is 18.4 Å². The molecule has 0 radical (unpaired) electrons. The summed E-state index contributed by atoms with van der Waals surface area (Å²) in [5.74, 6) is -1.38. The fraction of sp³-hybridized carbons (Fsp3) is 0.500. The van der Waals surface area contributed by atoms with E-state index >= 15 is 0 Å². The van der Waals surface area contributed by atoms with Crippen LogP contribution in [0.3, 0.4) is 0 Å². The molecular weight excluding hydrogens is 304 g/mol. The van der Waals surface area contributed by atoms with Crippen LogP contribution >= 0.6 is 11.8 Å². The lowest BCUT2D eigenvalue weighted by Gasteiger charge is -2.17. The summed E-state index contributed by atoms with van der Waals surface area (Å²) in [4.78, 5) is 26.8. The summed E-state index contributed by atoms with van der Waals surface area (Å²) in [6, 6.07) is 7.26. The van der Waals surface area contributed by atoms with Crippen LogP contribution in [-0.4, -0.2) is 18.5 Å². The standard InChI is InChI=1S/C16H23ClN2O3/c1-4-22-16(21)14(9-11(2)3)15(20)19-13-7-5-12(6-8-13)10-18-17/h5-8,11,14,18H,4,9-10H2,1-3H3,(H,19,20). The maximum Gasteiger partial charge on any atom is 0.318 e. The largest absolute Gasteiger partial charge is 0.465 e. The molecule has 1 aromatic carbocycles. The molecule has 2 N–H and O–H groups in total. The Morgan fingerprint density at radius 1 is 1.23 bits per heavy atom. The Morgan fingerprint density at radius 3 is 2.36 bits per heavy atom. The molecule has 0 aromatic heterocycles. The summed E-state index contributed by atoms with van der Waals surface area (Å²) < 4.78 is 4.99. The molecule has 0 spiro atoms. The predicted octanol–water partition coefficient (Wildman–Crippen LogP) is 3.09. The molecule has 0 heterocycles. The Bertz CT molecular complexity index is 489. The van der Waals surface area contributed by atoms with Gasteiger partial charge in [0.1, 0.15) is 5.92 Å². The van der Waals surface area contributed by atoms with Gasteiger partial charge in [-0.1, -0.05) is 26.0 Å². The number of rotatable bonds is 8. The second kappa shape index (κ2) is 9.43. The Balaban J connectivity index is 2.74. The summed E-state index contributed by atoms with van der Waals surface area (Å²) in [7, 11) is 0. The lowest BCUT2D eigenvalue weighted by Crippen LogP contribution is -2.32. The fourth-order valence-corrected chi connectivity index (χ4v) is 2.19. The fourth-order valence-electron chi connectivity index (χ4n) is 2.04. The summed E-state index contributed by atoms with van der Waals surface area (Å²) >= 11 is 5.44. The minimum absolute atomic E-state index is 0.220. The number of esters is 1. The van der Waals surface area contributed by atoms with Gasteiger partial charge in [-0.2, -0.15) is 0 Å². The van der Waals surface area contributed by atoms with Crippen molar-refractivity contribution in [1.82, 2.24) is 4.84 Å². The van der Waals surface area contributed by atoms with Crippen molar-refractivity contribution >= 4 is 29.3 Å². The van der Waals surface area contributed by atoms with E-state index in [9.17, 15) is 9.59 Å². The molecule has 1 amide bonds. The van der Waals surface area contributed by atoms with Gasteiger partial charge in [0.05, 0.1) is 6.61 Å². The second-order valence-electron chi connectivity index (χ2n) is 5.43. The van der Waals surface area contributed by atoms with Crippen LogP contribution < -0.4 is 10.2 Å². The van der Waals surface area contributed by atoms with Crippen molar-refractivity contribution in [2.24, 2.45) is 11.8 Å². The van der Waals surface area contributed by atoms with Gasteiger partial charge >= 0.3 is 5.97 Å². The lowest BCUT2D eigenvalue weighted by molar-refractivity contribution is -0.151. The lowest BCUT2D eigenvalue weighted by atomic mass is 9.96. The molecule has 5 nitrogen and oxygen atoms in total. The number of amides is 1. The van der Waals surface area contributed by atoms with Crippen molar-refractivity contribution in [2.45, 2.75) is 33.7 Å². The van der Waals surface area contributed by atoms with Crippen LogP contribution in [0.15, 0.2) is 24.3 Å². The zero-order chi connectivity index (χ0) is 16.5. The minimum atomic E-state index is -0.788. The zero-order valence-corrected chi connectivity index (χ0v) is 13.9. The van der Waals surface area contributed by atoms with Gasteiger partial charge in [0.25, 0.3) is 0 Å². The van der Waals surface area contributed by atoms with Crippen LogP contribution in [0.2, 0.25) is 0 Å². The maximum atomic E-state index is 12.3. The number of nitrogens with one attached hydrogen (secondary N) is 2. The topological polar surface area (TPSA) is 67.4 Å². The highest BCUT2D eigenvalue weighted by Crippen LogP contribution is 2.17. The highest BCUT2D eigenvalue weighted by atomic mass is 35.5. The van der Waals surface area contributed by atoms with Crippen LogP contribution in [0.5, 0.6) is 0 Å². The molecule has 0 aliphatic heterocycles. The first-order valence-electron chi connectivity index (χ1n) is 7.37. The second-order valence-corrected chi connectivity index (χ2v) is 5.70. The van der Waals surface area contributed by atoms with Crippen LogP contribution in [-0.2, 0) is 20.9 Å². The molecule has 1 unspecified atom stereocenters. The number of carbonyl (C=O) groups excluding carboxylic acids is 2. The van der Waals surface area contributed by atoms with E-state index in [4.69, 9.17) is 16.5 Å². The van der Waals surface area contributed by atoms with Gasteiger partial charge in [0.2, 0.25) is 5.91 Å². The van der Waals surface area contributed by atoms with E-state index in [0.717, 1.165) is 5.56 Å². The van der Waals surface area contributed by atoms with E-state index in [1.54, 1.807) is 19.1 Å². The first-order chi connectivity index (χ1) is 10.5. The number of halogens is 1.